The summed E-state index contributed by atoms with van der Waals surface area (Å²) in [6.45, 7) is 3.08. The van der Waals surface area contributed by atoms with Crippen LogP contribution in [-0.2, 0) is 6.42 Å². The third-order valence-electron chi connectivity index (χ3n) is 3.93. The molecule has 2 heterocycles. The van der Waals surface area contributed by atoms with Crippen LogP contribution in [0.25, 0.3) is 0 Å². The summed E-state index contributed by atoms with van der Waals surface area (Å²) in [5.74, 6) is 1.08. The fraction of sp³-hybridized carbons (Fsp3) is 0.571. The standard InChI is InChI=1S/C14H20N2O/c1-16-9-3-4-11(16)10-17-14-6-2-5-13-12(14)7-8-15-13/h2,5-6,11,15H,3-4,7-10H2,1H3. The average molecular weight is 232 g/mol. The summed E-state index contributed by atoms with van der Waals surface area (Å²) < 4.78 is 6.02. The van der Waals surface area contributed by atoms with E-state index in [0.717, 1.165) is 25.3 Å². The van der Waals surface area contributed by atoms with Gasteiger partial charge in [-0.05, 0) is 45.0 Å². The summed E-state index contributed by atoms with van der Waals surface area (Å²) >= 11 is 0. The normalized spacial score (nSPS) is 23.5. The second-order valence-corrected chi connectivity index (χ2v) is 5.05. The first-order chi connectivity index (χ1) is 8.34. The molecule has 0 spiro atoms. The third-order valence-corrected chi connectivity index (χ3v) is 3.93. The van der Waals surface area contributed by atoms with Crippen LogP contribution in [-0.4, -0.2) is 37.7 Å². The number of ether oxygens (including phenoxy) is 1. The van der Waals surface area contributed by atoms with Gasteiger partial charge in [0, 0.05) is 23.8 Å². The van der Waals surface area contributed by atoms with E-state index < -0.39 is 0 Å². The van der Waals surface area contributed by atoms with Crippen molar-refractivity contribution < 1.29 is 4.74 Å². The Hall–Kier alpha value is -1.22. The van der Waals surface area contributed by atoms with Crippen LogP contribution in [0.5, 0.6) is 5.75 Å². The summed E-state index contributed by atoms with van der Waals surface area (Å²) in [7, 11) is 2.19. The van der Waals surface area contributed by atoms with Crippen molar-refractivity contribution in [1.82, 2.24) is 4.90 Å². The molecule has 17 heavy (non-hydrogen) atoms. The number of hydrogen-bond acceptors (Lipinski definition) is 3. The SMILES string of the molecule is CN1CCCC1COc1cccc2c1CCN2. The highest BCUT2D eigenvalue weighted by molar-refractivity contribution is 5.61. The number of fused-ring (bicyclic) bond motifs is 1. The maximum absolute atomic E-state index is 6.02. The molecule has 3 rings (SSSR count). The first-order valence-corrected chi connectivity index (χ1v) is 6.53. The van der Waals surface area contributed by atoms with Gasteiger partial charge in [-0.3, -0.25) is 0 Å². The van der Waals surface area contributed by atoms with Crippen molar-refractivity contribution in [2.45, 2.75) is 25.3 Å². The van der Waals surface area contributed by atoms with Crippen LogP contribution in [0.4, 0.5) is 5.69 Å². The number of rotatable bonds is 3. The number of hydrogen-bond donors (Lipinski definition) is 1. The van der Waals surface area contributed by atoms with Crippen LogP contribution >= 0.6 is 0 Å². The molecule has 92 valence electrons. The van der Waals surface area contributed by atoms with Crippen molar-refractivity contribution in [2.75, 3.05) is 32.1 Å². The van der Waals surface area contributed by atoms with Gasteiger partial charge in [0.1, 0.15) is 12.4 Å². The Morgan fingerprint density at radius 2 is 2.41 bits per heavy atom. The molecule has 2 aliphatic heterocycles. The predicted octanol–water partition coefficient (Wildman–Crippen LogP) is 2.13. The van der Waals surface area contributed by atoms with E-state index >= 15 is 0 Å². The average Bonchev–Trinajstić information content (AvgIpc) is 2.95. The highest BCUT2D eigenvalue weighted by Crippen LogP contribution is 2.31. The first-order valence-electron chi connectivity index (χ1n) is 6.53. The molecule has 1 aromatic rings. The van der Waals surface area contributed by atoms with Gasteiger partial charge < -0.3 is 15.0 Å². The van der Waals surface area contributed by atoms with E-state index in [4.69, 9.17) is 4.74 Å². The molecule has 2 aliphatic rings. The highest BCUT2D eigenvalue weighted by atomic mass is 16.5. The van der Waals surface area contributed by atoms with E-state index in [1.807, 2.05) is 0 Å². The smallest absolute Gasteiger partial charge is 0.124 e. The minimum Gasteiger partial charge on any atom is -0.492 e. The van der Waals surface area contributed by atoms with Crippen LogP contribution in [0.15, 0.2) is 18.2 Å². The second kappa shape index (κ2) is 4.57. The van der Waals surface area contributed by atoms with Gasteiger partial charge in [-0.15, -0.1) is 0 Å². The molecule has 0 radical (unpaired) electrons. The number of nitrogens with zero attached hydrogens (tertiary/aromatic N) is 1. The van der Waals surface area contributed by atoms with Crippen LogP contribution in [0, 0.1) is 0 Å². The Balaban J connectivity index is 1.67. The number of anilines is 1. The van der Waals surface area contributed by atoms with Crippen molar-refractivity contribution >= 4 is 5.69 Å². The summed E-state index contributed by atoms with van der Waals surface area (Å²) in [5.41, 5.74) is 2.61. The maximum Gasteiger partial charge on any atom is 0.124 e. The summed E-state index contributed by atoms with van der Waals surface area (Å²) in [4.78, 5) is 2.40. The molecule has 0 bridgehead atoms. The monoisotopic (exact) mass is 232 g/mol. The van der Waals surface area contributed by atoms with E-state index in [9.17, 15) is 0 Å². The highest BCUT2D eigenvalue weighted by Gasteiger charge is 2.22. The molecule has 1 N–H and O–H groups in total. The topological polar surface area (TPSA) is 24.5 Å². The quantitative estimate of drug-likeness (QED) is 0.864. The fourth-order valence-electron chi connectivity index (χ4n) is 2.82. The minimum atomic E-state index is 0.597. The molecule has 3 heteroatoms. The van der Waals surface area contributed by atoms with Crippen molar-refractivity contribution in [1.29, 1.82) is 0 Å². The molecule has 1 fully saturated rings. The molecule has 1 saturated heterocycles. The molecule has 3 nitrogen and oxygen atoms in total. The van der Waals surface area contributed by atoms with E-state index in [0.29, 0.717) is 6.04 Å². The largest absolute Gasteiger partial charge is 0.492 e. The molecule has 1 atom stereocenters. The Labute approximate surface area is 103 Å². The molecular weight excluding hydrogens is 212 g/mol. The van der Waals surface area contributed by atoms with Gasteiger partial charge in [0.15, 0.2) is 0 Å². The molecular formula is C14H20N2O. The van der Waals surface area contributed by atoms with Crippen LogP contribution in [0.2, 0.25) is 0 Å². The van der Waals surface area contributed by atoms with Gasteiger partial charge in [0.2, 0.25) is 0 Å². The van der Waals surface area contributed by atoms with Gasteiger partial charge in [-0.25, -0.2) is 0 Å². The van der Waals surface area contributed by atoms with Crippen LogP contribution in [0.1, 0.15) is 18.4 Å². The fourth-order valence-corrected chi connectivity index (χ4v) is 2.82. The number of benzene rings is 1. The maximum atomic E-state index is 6.02. The summed E-state index contributed by atoms with van der Waals surface area (Å²) in [6.07, 6.45) is 3.66. The zero-order valence-corrected chi connectivity index (χ0v) is 10.4. The van der Waals surface area contributed by atoms with Crippen molar-refractivity contribution in [3.8, 4) is 5.75 Å². The van der Waals surface area contributed by atoms with E-state index in [1.165, 1.54) is 30.6 Å². The van der Waals surface area contributed by atoms with Gasteiger partial charge >= 0.3 is 0 Å². The molecule has 0 amide bonds. The number of nitrogens with one attached hydrogen (secondary N) is 1. The van der Waals surface area contributed by atoms with Crippen LogP contribution in [0.3, 0.4) is 0 Å². The van der Waals surface area contributed by atoms with Gasteiger partial charge in [0.05, 0.1) is 0 Å². The Kier molecular flexibility index (Phi) is 2.93. The number of likely N-dealkylation sites (N-methyl/N-ethyl adjacent to an activating group) is 1. The summed E-state index contributed by atoms with van der Waals surface area (Å²) in [6, 6.07) is 6.91. The first kappa shape index (κ1) is 10.9. The Bertz CT molecular complexity index is 405. The lowest BCUT2D eigenvalue weighted by molar-refractivity contribution is 0.197. The lowest BCUT2D eigenvalue weighted by Crippen LogP contribution is -2.30. The Morgan fingerprint density at radius 1 is 1.47 bits per heavy atom. The molecule has 0 aliphatic carbocycles. The molecule has 1 unspecified atom stereocenters. The lowest BCUT2D eigenvalue weighted by atomic mass is 10.1. The zero-order chi connectivity index (χ0) is 11.7. The second-order valence-electron chi connectivity index (χ2n) is 5.05. The van der Waals surface area contributed by atoms with Crippen molar-refractivity contribution in [2.24, 2.45) is 0 Å². The molecule has 1 aromatic carbocycles. The van der Waals surface area contributed by atoms with E-state index in [1.54, 1.807) is 0 Å². The van der Waals surface area contributed by atoms with Gasteiger partial charge in [0.25, 0.3) is 0 Å². The summed E-state index contributed by atoms with van der Waals surface area (Å²) in [5, 5.41) is 3.39. The van der Waals surface area contributed by atoms with Crippen molar-refractivity contribution in [3.63, 3.8) is 0 Å². The zero-order valence-electron chi connectivity index (χ0n) is 10.4. The van der Waals surface area contributed by atoms with Gasteiger partial charge in [-0.1, -0.05) is 6.07 Å². The number of likely N-dealkylation sites (tertiary alicyclic amines) is 1. The third kappa shape index (κ3) is 2.12. The molecule has 0 saturated carbocycles. The van der Waals surface area contributed by atoms with Crippen LogP contribution < -0.4 is 10.1 Å². The van der Waals surface area contributed by atoms with E-state index in [-0.39, 0.29) is 0 Å². The Morgan fingerprint density at radius 3 is 3.24 bits per heavy atom. The molecule has 0 aromatic heterocycles. The predicted molar refractivity (Wildman–Crippen MR) is 69.8 cm³/mol. The van der Waals surface area contributed by atoms with Crippen molar-refractivity contribution in [3.05, 3.63) is 23.8 Å². The minimum absolute atomic E-state index is 0.597. The van der Waals surface area contributed by atoms with Gasteiger partial charge in [-0.2, -0.15) is 0 Å². The van der Waals surface area contributed by atoms with E-state index in [2.05, 4.69) is 35.5 Å². The lowest BCUT2D eigenvalue weighted by Gasteiger charge is -2.20.